The Morgan fingerprint density at radius 3 is 2.90 bits per heavy atom. The third-order valence-electron chi connectivity index (χ3n) is 3.87. The molecule has 2 aliphatic rings. The van der Waals surface area contributed by atoms with Crippen LogP contribution in [-0.2, 0) is 9.59 Å². The van der Waals surface area contributed by atoms with E-state index in [1.165, 1.54) is 0 Å². The first-order chi connectivity index (χ1) is 9.58. The molecule has 1 aromatic rings. The van der Waals surface area contributed by atoms with Crippen molar-refractivity contribution >= 4 is 27.7 Å². The molecule has 2 atom stereocenters. The van der Waals surface area contributed by atoms with Crippen LogP contribution in [0.3, 0.4) is 0 Å². The highest BCUT2D eigenvalue weighted by Gasteiger charge is 2.44. The van der Waals surface area contributed by atoms with Crippen molar-refractivity contribution in [3.05, 3.63) is 34.3 Å². The molecular formula is C14H16BrN3O2. The number of hydrogen-bond acceptors (Lipinski definition) is 3. The van der Waals surface area contributed by atoms with Crippen LogP contribution in [0.1, 0.15) is 11.6 Å². The molecule has 2 fully saturated rings. The highest BCUT2D eigenvalue weighted by Crippen LogP contribution is 2.31. The lowest BCUT2D eigenvalue weighted by molar-refractivity contribution is -0.156. The zero-order valence-electron chi connectivity index (χ0n) is 11.2. The summed E-state index contributed by atoms with van der Waals surface area (Å²) in [7, 11) is 1.80. The number of carbonyl (C=O) groups excluding carboxylic acids is 2. The topological polar surface area (TPSA) is 52.7 Å². The third kappa shape index (κ3) is 2.23. The quantitative estimate of drug-likeness (QED) is 0.823. The van der Waals surface area contributed by atoms with Gasteiger partial charge < -0.3 is 15.1 Å². The van der Waals surface area contributed by atoms with Gasteiger partial charge in [0.15, 0.2) is 0 Å². The van der Waals surface area contributed by atoms with E-state index in [4.69, 9.17) is 0 Å². The molecule has 6 heteroatoms. The molecular weight excluding hydrogens is 322 g/mol. The average Bonchev–Trinajstić information content (AvgIpc) is 2.41. The van der Waals surface area contributed by atoms with Gasteiger partial charge >= 0.3 is 0 Å². The Morgan fingerprint density at radius 2 is 2.15 bits per heavy atom. The van der Waals surface area contributed by atoms with Gasteiger partial charge in [0.25, 0.3) is 0 Å². The molecule has 1 aromatic carbocycles. The Hall–Kier alpha value is -1.40. The van der Waals surface area contributed by atoms with Crippen molar-refractivity contribution in [1.82, 2.24) is 15.1 Å². The number of likely N-dealkylation sites (N-methyl/N-ethyl adjacent to an activating group) is 1. The normalized spacial score (nSPS) is 26.7. The fourth-order valence-corrected chi connectivity index (χ4v) is 3.38. The summed E-state index contributed by atoms with van der Waals surface area (Å²) >= 11 is 3.43. The van der Waals surface area contributed by atoms with Gasteiger partial charge in [0.2, 0.25) is 11.8 Å². The third-order valence-corrected chi connectivity index (χ3v) is 4.37. The number of amides is 2. The summed E-state index contributed by atoms with van der Waals surface area (Å²) in [5, 5.41) is 3.11. The fourth-order valence-electron chi connectivity index (χ4n) is 2.96. The SMILES string of the molecule is CN1CC2CNCC(=O)N2C(c2cccc(Br)c2)C1=O. The molecule has 2 amide bonds. The summed E-state index contributed by atoms with van der Waals surface area (Å²) in [6.07, 6.45) is 0. The van der Waals surface area contributed by atoms with E-state index >= 15 is 0 Å². The lowest BCUT2D eigenvalue weighted by Crippen LogP contribution is -2.65. The van der Waals surface area contributed by atoms with Crippen molar-refractivity contribution in [2.75, 3.05) is 26.7 Å². The molecule has 106 valence electrons. The van der Waals surface area contributed by atoms with Crippen LogP contribution in [-0.4, -0.2) is 54.3 Å². The molecule has 2 aliphatic heterocycles. The van der Waals surface area contributed by atoms with Crippen molar-refractivity contribution in [2.24, 2.45) is 0 Å². The first-order valence-corrected chi connectivity index (χ1v) is 7.39. The Labute approximate surface area is 126 Å². The van der Waals surface area contributed by atoms with Gasteiger partial charge in [-0.25, -0.2) is 0 Å². The van der Waals surface area contributed by atoms with Gasteiger partial charge in [0.05, 0.1) is 12.6 Å². The van der Waals surface area contributed by atoms with Crippen molar-refractivity contribution in [1.29, 1.82) is 0 Å². The van der Waals surface area contributed by atoms with Crippen LogP contribution in [0.25, 0.3) is 0 Å². The van der Waals surface area contributed by atoms with Crippen LogP contribution in [0.2, 0.25) is 0 Å². The summed E-state index contributed by atoms with van der Waals surface area (Å²) in [6, 6.07) is 7.15. The molecule has 0 aromatic heterocycles. The van der Waals surface area contributed by atoms with Crippen LogP contribution in [0.5, 0.6) is 0 Å². The molecule has 0 saturated carbocycles. The summed E-state index contributed by atoms with van der Waals surface area (Å²) in [5.41, 5.74) is 0.858. The maximum Gasteiger partial charge on any atom is 0.249 e. The number of piperazine rings is 2. The smallest absolute Gasteiger partial charge is 0.249 e. The molecule has 0 spiro atoms. The number of carbonyl (C=O) groups is 2. The van der Waals surface area contributed by atoms with E-state index in [1.54, 1.807) is 16.8 Å². The lowest BCUT2D eigenvalue weighted by atomic mass is 9.96. The largest absolute Gasteiger partial charge is 0.342 e. The van der Waals surface area contributed by atoms with Crippen molar-refractivity contribution in [3.8, 4) is 0 Å². The second kappa shape index (κ2) is 5.18. The van der Waals surface area contributed by atoms with E-state index in [2.05, 4.69) is 21.2 Å². The van der Waals surface area contributed by atoms with E-state index in [1.807, 2.05) is 24.3 Å². The minimum atomic E-state index is -0.508. The molecule has 2 heterocycles. The number of benzene rings is 1. The number of nitrogens with zero attached hydrogens (tertiary/aromatic N) is 2. The van der Waals surface area contributed by atoms with Crippen LogP contribution in [0.15, 0.2) is 28.7 Å². The zero-order valence-corrected chi connectivity index (χ0v) is 12.8. The summed E-state index contributed by atoms with van der Waals surface area (Å²) < 4.78 is 0.912. The van der Waals surface area contributed by atoms with Gasteiger partial charge in [-0.15, -0.1) is 0 Å². The Balaban J connectivity index is 2.03. The van der Waals surface area contributed by atoms with E-state index in [9.17, 15) is 9.59 Å². The molecule has 2 saturated heterocycles. The highest BCUT2D eigenvalue weighted by atomic mass is 79.9. The molecule has 0 radical (unpaired) electrons. The highest BCUT2D eigenvalue weighted by molar-refractivity contribution is 9.10. The average molecular weight is 338 g/mol. The van der Waals surface area contributed by atoms with Crippen LogP contribution >= 0.6 is 15.9 Å². The standard InChI is InChI=1S/C14H16BrN3O2/c1-17-8-11-6-16-7-12(19)18(11)13(14(17)20)9-3-2-4-10(15)5-9/h2-5,11,13,16H,6-8H2,1H3. The second-order valence-corrected chi connectivity index (χ2v) is 6.18. The minimum Gasteiger partial charge on any atom is -0.342 e. The molecule has 20 heavy (non-hydrogen) atoms. The summed E-state index contributed by atoms with van der Waals surface area (Å²) in [4.78, 5) is 28.2. The Kier molecular flexibility index (Phi) is 3.52. The van der Waals surface area contributed by atoms with Gasteiger partial charge in [-0.2, -0.15) is 0 Å². The number of hydrogen-bond donors (Lipinski definition) is 1. The van der Waals surface area contributed by atoms with Crippen LogP contribution < -0.4 is 5.32 Å². The second-order valence-electron chi connectivity index (χ2n) is 5.26. The van der Waals surface area contributed by atoms with E-state index in [0.29, 0.717) is 13.1 Å². The maximum absolute atomic E-state index is 12.5. The Morgan fingerprint density at radius 1 is 1.35 bits per heavy atom. The minimum absolute atomic E-state index is 0.00678. The van der Waals surface area contributed by atoms with Gasteiger partial charge in [0, 0.05) is 24.6 Å². The number of rotatable bonds is 1. The lowest BCUT2D eigenvalue weighted by Gasteiger charge is -2.47. The predicted molar refractivity (Wildman–Crippen MR) is 78.0 cm³/mol. The van der Waals surface area contributed by atoms with E-state index in [0.717, 1.165) is 16.6 Å². The fraction of sp³-hybridized carbons (Fsp3) is 0.429. The monoisotopic (exact) mass is 337 g/mol. The van der Waals surface area contributed by atoms with Crippen molar-refractivity contribution < 1.29 is 9.59 Å². The molecule has 3 rings (SSSR count). The van der Waals surface area contributed by atoms with Crippen molar-refractivity contribution in [3.63, 3.8) is 0 Å². The predicted octanol–water partition coefficient (Wildman–Crippen LogP) is 0.763. The Bertz CT molecular complexity index is 563. The van der Waals surface area contributed by atoms with Crippen LogP contribution in [0.4, 0.5) is 0 Å². The van der Waals surface area contributed by atoms with Crippen LogP contribution in [0, 0.1) is 0 Å². The zero-order chi connectivity index (χ0) is 14.3. The number of nitrogens with one attached hydrogen (secondary N) is 1. The molecule has 2 unspecified atom stereocenters. The number of fused-ring (bicyclic) bond motifs is 1. The first-order valence-electron chi connectivity index (χ1n) is 6.60. The molecule has 0 aliphatic carbocycles. The number of halogens is 1. The van der Waals surface area contributed by atoms with Crippen molar-refractivity contribution in [2.45, 2.75) is 12.1 Å². The van der Waals surface area contributed by atoms with Gasteiger partial charge in [0.1, 0.15) is 6.04 Å². The molecule has 1 N–H and O–H groups in total. The molecule has 5 nitrogen and oxygen atoms in total. The van der Waals surface area contributed by atoms with E-state index in [-0.39, 0.29) is 17.9 Å². The van der Waals surface area contributed by atoms with Gasteiger partial charge in [-0.3, -0.25) is 9.59 Å². The summed E-state index contributed by atoms with van der Waals surface area (Å²) in [5.74, 6) is -0.0257. The van der Waals surface area contributed by atoms with E-state index < -0.39 is 6.04 Å². The maximum atomic E-state index is 12.5. The van der Waals surface area contributed by atoms with Gasteiger partial charge in [-0.1, -0.05) is 28.1 Å². The molecule has 0 bridgehead atoms. The van der Waals surface area contributed by atoms with Gasteiger partial charge in [-0.05, 0) is 17.7 Å². The first kappa shape index (κ1) is 13.6. The summed E-state index contributed by atoms with van der Waals surface area (Å²) in [6.45, 7) is 1.62.